The van der Waals surface area contributed by atoms with Gasteiger partial charge in [-0.2, -0.15) is 0 Å². The number of hydrogen-bond donors (Lipinski definition) is 2. The minimum absolute atomic E-state index is 0.0891. The van der Waals surface area contributed by atoms with Gasteiger partial charge >= 0.3 is 0 Å². The Balaban J connectivity index is 1.56. The van der Waals surface area contributed by atoms with Crippen LogP contribution >= 0.6 is 23.1 Å². The van der Waals surface area contributed by atoms with Gasteiger partial charge in [0.2, 0.25) is 0 Å². The zero-order valence-corrected chi connectivity index (χ0v) is 17.8. The molecule has 0 aliphatic heterocycles. The highest BCUT2D eigenvalue weighted by atomic mass is 32.2. The molecule has 0 aliphatic rings. The van der Waals surface area contributed by atoms with E-state index in [1.165, 1.54) is 23.1 Å². The minimum Gasteiger partial charge on any atom is -0.358 e. The molecule has 3 heterocycles. The van der Waals surface area contributed by atoms with Gasteiger partial charge in [-0.05, 0) is 39.3 Å². The first kappa shape index (κ1) is 19.0. The van der Waals surface area contributed by atoms with Gasteiger partial charge in [0.25, 0.3) is 5.56 Å². The fourth-order valence-corrected chi connectivity index (χ4v) is 5.31. The number of nitrogens with zero attached hydrogens (tertiary/aromatic N) is 1. The number of hydrogen-bond acceptors (Lipinski definition) is 5. The molecule has 0 radical (unpaired) electrons. The van der Waals surface area contributed by atoms with Crippen LogP contribution in [0.25, 0.3) is 21.1 Å². The van der Waals surface area contributed by atoms with E-state index in [-0.39, 0.29) is 16.6 Å². The van der Waals surface area contributed by atoms with Crippen LogP contribution in [0.2, 0.25) is 0 Å². The van der Waals surface area contributed by atoms with Gasteiger partial charge in [0, 0.05) is 27.0 Å². The van der Waals surface area contributed by atoms with Gasteiger partial charge in [-0.15, -0.1) is 23.1 Å². The van der Waals surface area contributed by atoms with E-state index in [4.69, 9.17) is 0 Å². The Morgan fingerprint density at radius 2 is 1.96 bits per heavy atom. The van der Waals surface area contributed by atoms with E-state index in [2.05, 4.69) is 15.0 Å². The van der Waals surface area contributed by atoms with E-state index in [0.717, 1.165) is 37.4 Å². The molecule has 0 saturated heterocycles. The number of ketones is 1. The van der Waals surface area contributed by atoms with E-state index in [0.29, 0.717) is 17.0 Å². The summed E-state index contributed by atoms with van der Waals surface area (Å²) in [6.07, 6.45) is 0. The van der Waals surface area contributed by atoms with Crippen molar-refractivity contribution in [3.8, 4) is 0 Å². The Kier molecular flexibility index (Phi) is 4.89. The Morgan fingerprint density at radius 1 is 1.21 bits per heavy atom. The number of carbonyl (C=O) groups is 1. The first-order valence-electron chi connectivity index (χ1n) is 9.09. The van der Waals surface area contributed by atoms with Crippen molar-refractivity contribution in [1.82, 2.24) is 15.0 Å². The van der Waals surface area contributed by atoms with E-state index in [1.54, 1.807) is 0 Å². The third-order valence-corrected chi connectivity index (χ3v) is 7.32. The van der Waals surface area contributed by atoms with Crippen LogP contribution in [0.3, 0.4) is 0 Å². The molecule has 144 valence electrons. The van der Waals surface area contributed by atoms with Crippen LogP contribution in [0, 0.1) is 20.8 Å². The zero-order chi connectivity index (χ0) is 20.0. The van der Waals surface area contributed by atoms with Crippen LogP contribution in [-0.4, -0.2) is 26.0 Å². The molecular formula is C21H21N3O2S2. The largest absolute Gasteiger partial charge is 0.358 e. The fraction of sp³-hybridized carbons (Fsp3) is 0.286. The molecule has 4 rings (SSSR count). The molecule has 1 aromatic carbocycles. The molecule has 4 aromatic rings. The summed E-state index contributed by atoms with van der Waals surface area (Å²) < 4.78 is 0. The fourth-order valence-electron chi connectivity index (χ4n) is 3.44. The average Bonchev–Trinajstić information content (AvgIpc) is 3.14. The summed E-state index contributed by atoms with van der Waals surface area (Å²) >= 11 is 3.03. The molecule has 2 N–H and O–H groups in total. The SMILES string of the molecule is Cc1[nH]c2ccccc2c1C(=O)[C@H](C)SCc1nc2sc(C)c(C)c2c(=O)[nH]1. The molecule has 7 heteroatoms. The molecule has 0 fully saturated rings. The minimum atomic E-state index is -0.245. The number of fused-ring (bicyclic) bond motifs is 2. The van der Waals surface area contributed by atoms with E-state index < -0.39 is 0 Å². The quantitative estimate of drug-likeness (QED) is 0.458. The number of aromatic amines is 2. The summed E-state index contributed by atoms with van der Waals surface area (Å²) in [5.74, 6) is 1.18. The number of aryl methyl sites for hydroxylation is 3. The maximum Gasteiger partial charge on any atom is 0.259 e. The molecule has 5 nitrogen and oxygen atoms in total. The van der Waals surface area contributed by atoms with Crippen LogP contribution in [0.15, 0.2) is 29.1 Å². The normalized spacial score (nSPS) is 12.7. The second kappa shape index (κ2) is 7.22. The predicted molar refractivity (Wildman–Crippen MR) is 118 cm³/mol. The van der Waals surface area contributed by atoms with Gasteiger partial charge in [-0.1, -0.05) is 18.2 Å². The first-order chi connectivity index (χ1) is 13.4. The van der Waals surface area contributed by atoms with Crippen molar-refractivity contribution in [3.05, 3.63) is 62.1 Å². The third kappa shape index (κ3) is 3.18. The Morgan fingerprint density at radius 3 is 2.75 bits per heavy atom. The van der Waals surface area contributed by atoms with Crippen molar-refractivity contribution in [1.29, 1.82) is 0 Å². The topological polar surface area (TPSA) is 78.6 Å². The molecule has 3 aromatic heterocycles. The van der Waals surface area contributed by atoms with Crippen molar-refractivity contribution in [2.45, 2.75) is 38.7 Å². The van der Waals surface area contributed by atoms with E-state index >= 15 is 0 Å². The monoisotopic (exact) mass is 411 g/mol. The Bertz CT molecular complexity index is 1270. The second-order valence-electron chi connectivity index (χ2n) is 6.96. The van der Waals surface area contributed by atoms with Crippen molar-refractivity contribution in [2.24, 2.45) is 0 Å². The Labute approximate surface area is 170 Å². The highest BCUT2D eigenvalue weighted by molar-refractivity contribution is 7.99. The number of Topliss-reactive ketones (excluding diaryl/α,β-unsaturated/α-hetero) is 1. The van der Waals surface area contributed by atoms with Crippen LogP contribution in [-0.2, 0) is 5.75 Å². The molecule has 0 bridgehead atoms. The second-order valence-corrected chi connectivity index (χ2v) is 9.50. The number of thiophene rings is 1. The van der Waals surface area contributed by atoms with Gasteiger partial charge < -0.3 is 9.97 Å². The summed E-state index contributed by atoms with van der Waals surface area (Å²) in [7, 11) is 0. The molecule has 28 heavy (non-hydrogen) atoms. The standard InChI is InChI=1S/C21H21N3O2S2/c1-10-12(3)28-21-17(10)20(26)23-16(24-21)9-27-13(4)19(25)18-11(2)22-15-8-6-5-7-14(15)18/h5-8,13,22H,9H2,1-4H3,(H,23,24,26)/t13-/m0/s1. The maximum atomic E-state index is 13.1. The van der Waals surface area contributed by atoms with Gasteiger partial charge in [-0.25, -0.2) is 4.98 Å². The molecule has 1 atom stereocenters. The van der Waals surface area contributed by atoms with Gasteiger partial charge in [0.15, 0.2) is 5.78 Å². The summed E-state index contributed by atoms with van der Waals surface area (Å²) in [4.78, 5) is 38.1. The zero-order valence-electron chi connectivity index (χ0n) is 16.2. The lowest BCUT2D eigenvalue weighted by Gasteiger charge is -2.10. The number of para-hydroxylation sites is 1. The molecule has 0 unspecified atom stereocenters. The summed E-state index contributed by atoms with van der Waals surface area (Å²) in [6.45, 7) is 7.78. The molecule has 0 spiro atoms. The molecular weight excluding hydrogens is 390 g/mol. The number of aromatic nitrogens is 3. The summed E-state index contributed by atoms with van der Waals surface area (Å²) in [5.41, 5.74) is 3.49. The van der Waals surface area contributed by atoms with E-state index in [9.17, 15) is 9.59 Å². The lowest BCUT2D eigenvalue weighted by Crippen LogP contribution is -2.16. The number of nitrogens with one attached hydrogen (secondary N) is 2. The van der Waals surface area contributed by atoms with Crippen LogP contribution in [0.5, 0.6) is 0 Å². The van der Waals surface area contributed by atoms with Crippen LogP contribution in [0.4, 0.5) is 0 Å². The van der Waals surface area contributed by atoms with Crippen molar-refractivity contribution in [3.63, 3.8) is 0 Å². The maximum absolute atomic E-state index is 13.1. The smallest absolute Gasteiger partial charge is 0.259 e. The average molecular weight is 412 g/mol. The number of carbonyl (C=O) groups excluding carboxylic acids is 1. The predicted octanol–water partition coefficient (Wildman–Crippen LogP) is 4.90. The first-order valence-corrected chi connectivity index (χ1v) is 11.0. The van der Waals surface area contributed by atoms with Crippen molar-refractivity contribution >= 4 is 50.0 Å². The Hall–Kier alpha value is -2.38. The number of thioether (sulfide) groups is 1. The van der Waals surface area contributed by atoms with Gasteiger partial charge in [0.05, 0.1) is 16.4 Å². The van der Waals surface area contributed by atoms with E-state index in [1.807, 2.05) is 52.0 Å². The van der Waals surface area contributed by atoms with Crippen molar-refractivity contribution < 1.29 is 4.79 Å². The number of H-pyrrole nitrogens is 2. The van der Waals surface area contributed by atoms with Gasteiger partial charge in [0.1, 0.15) is 10.7 Å². The molecule has 0 saturated carbocycles. The van der Waals surface area contributed by atoms with Crippen molar-refractivity contribution in [2.75, 3.05) is 0 Å². The summed E-state index contributed by atoms with van der Waals surface area (Å²) in [5, 5.41) is 1.38. The molecule has 0 amide bonds. The number of rotatable bonds is 5. The lowest BCUT2D eigenvalue weighted by molar-refractivity contribution is 0.0995. The third-order valence-electron chi connectivity index (χ3n) is 5.07. The molecule has 0 aliphatic carbocycles. The highest BCUT2D eigenvalue weighted by Gasteiger charge is 2.22. The van der Waals surface area contributed by atoms with Crippen LogP contribution in [0.1, 0.15) is 39.2 Å². The lowest BCUT2D eigenvalue weighted by atomic mass is 10.1. The number of benzene rings is 1. The van der Waals surface area contributed by atoms with Gasteiger partial charge in [-0.3, -0.25) is 9.59 Å². The highest BCUT2D eigenvalue weighted by Crippen LogP contribution is 2.29. The summed E-state index contributed by atoms with van der Waals surface area (Å²) in [6, 6.07) is 7.85. The van der Waals surface area contributed by atoms with Crippen LogP contribution < -0.4 is 5.56 Å².